The van der Waals surface area contributed by atoms with Crippen molar-refractivity contribution in [1.29, 1.82) is 0 Å². The van der Waals surface area contributed by atoms with Gasteiger partial charge >= 0.3 is 0 Å². The van der Waals surface area contributed by atoms with E-state index in [4.69, 9.17) is 4.74 Å². The molecule has 0 saturated heterocycles. The topological polar surface area (TPSA) is 96.0 Å². The largest absolute Gasteiger partial charge is 0.478 e. The Morgan fingerprint density at radius 3 is 2.40 bits per heavy atom. The minimum atomic E-state index is 0.0148. The van der Waals surface area contributed by atoms with E-state index in [1.165, 1.54) is 13.0 Å². The second-order valence-electron chi connectivity index (χ2n) is 7.85. The number of imidazole rings is 1. The van der Waals surface area contributed by atoms with Gasteiger partial charge in [0.15, 0.2) is 5.78 Å². The second kappa shape index (κ2) is 14.8. The quantitative estimate of drug-likeness (QED) is 0.373. The van der Waals surface area contributed by atoms with Crippen molar-refractivity contribution < 1.29 is 9.53 Å². The van der Waals surface area contributed by atoms with Crippen molar-refractivity contribution >= 4 is 28.2 Å². The van der Waals surface area contributed by atoms with E-state index in [0.29, 0.717) is 23.5 Å². The number of methoxy groups -OCH3 is 1. The summed E-state index contributed by atoms with van der Waals surface area (Å²) in [4.78, 5) is 27.5. The molecule has 0 bridgehead atoms. The highest BCUT2D eigenvalue weighted by Crippen LogP contribution is 2.30. The number of carbonyl (C=O) groups is 1. The Bertz CT molecular complexity index is 1140. The molecule has 0 aliphatic rings. The third-order valence-electron chi connectivity index (χ3n) is 5.44. The average molecular weight is 487 g/mol. The summed E-state index contributed by atoms with van der Waals surface area (Å²) in [6.07, 6.45) is 10.8. The maximum absolute atomic E-state index is 13.3. The molecule has 0 radical (unpaired) electrons. The predicted octanol–water partition coefficient (Wildman–Crippen LogP) is 5.63. The molecule has 3 aromatic heterocycles. The summed E-state index contributed by atoms with van der Waals surface area (Å²) in [7, 11) is 3.43. The standard InChI is InChI=1S/C20H30N6O2.C4H6O.C2H6/c1-6-9-10-14(7-2)26-12-15(22-16-11-24(4)23-19(16)28-5)17-18(20(26)27)25(8-3)13-21-17;1-3-4(2)5;1-2/h11-14,22H,6-10H2,1-5H3;3H,1H2,2H3;1-2H3. The number of nitrogens with zero attached hydrogens (tertiary/aromatic N) is 5. The monoisotopic (exact) mass is 486 g/mol. The number of fused-ring (bicyclic) bond motifs is 1. The van der Waals surface area contributed by atoms with Crippen molar-refractivity contribution in [1.82, 2.24) is 23.9 Å². The van der Waals surface area contributed by atoms with Crippen LogP contribution in [0.5, 0.6) is 5.88 Å². The van der Waals surface area contributed by atoms with Gasteiger partial charge in [-0.1, -0.05) is 47.1 Å². The van der Waals surface area contributed by atoms with Crippen LogP contribution < -0.4 is 15.6 Å². The van der Waals surface area contributed by atoms with E-state index in [-0.39, 0.29) is 17.4 Å². The number of carbonyl (C=O) groups excluding carboxylic acids is 1. The molecule has 9 heteroatoms. The molecule has 0 saturated carbocycles. The lowest BCUT2D eigenvalue weighted by Crippen LogP contribution is -2.26. The Hall–Kier alpha value is -3.36. The van der Waals surface area contributed by atoms with Crippen molar-refractivity contribution in [3.63, 3.8) is 0 Å². The number of aromatic nitrogens is 5. The Balaban J connectivity index is 0.000000779. The molecule has 9 nitrogen and oxygen atoms in total. The van der Waals surface area contributed by atoms with E-state index in [1.807, 2.05) is 49.3 Å². The van der Waals surface area contributed by atoms with Crippen LogP contribution in [0, 0.1) is 0 Å². The molecule has 1 unspecified atom stereocenters. The molecule has 0 aliphatic carbocycles. The van der Waals surface area contributed by atoms with E-state index in [1.54, 1.807) is 18.1 Å². The van der Waals surface area contributed by atoms with E-state index in [2.05, 4.69) is 35.8 Å². The van der Waals surface area contributed by atoms with Gasteiger partial charge in [0, 0.05) is 25.8 Å². The first-order valence-electron chi connectivity index (χ1n) is 12.4. The Morgan fingerprint density at radius 2 is 1.89 bits per heavy atom. The van der Waals surface area contributed by atoms with Crippen molar-refractivity contribution in [2.45, 2.75) is 79.8 Å². The normalized spacial score (nSPS) is 11.1. The average Bonchev–Trinajstić information content (AvgIpc) is 3.46. The smallest absolute Gasteiger partial charge is 0.277 e. The minimum Gasteiger partial charge on any atom is -0.478 e. The van der Waals surface area contributed by atoms with Crippen LogP contribution in [0.15, 0.2) is 36.2 Å². The molecule has 1 atom stereocenters. The zero-order valence-corrected chi connectivity index (χ0v) is 22.6. The molecule has 0 amide bonds. The summed E-state index contributed by atoms with van der Waals surface area (Å²) in [5.74, 6) is 0.520. The number of rotatable bonds is 10. The van der Waals surface area contributed by atoms with Crippen LogP contribution in [0.2, 0.25) is 0 Å². The highest BCUT2D eigenvalue weighted by molar-refractivity contribution is 5.90. The first-order chi connectivity index (χ1) is 16.8. The summed E-state index contributed by atoms with van der Waals surface area (Å²) in [5.41, 5.74) is 2.83. The number of nitrogens with one attached hydrogen (secondary N) is 1. The number of pyridine rings is 1. The van der Waals surface area contributed by atoms with E-state index < -0.39 is 0 Å². The Labute approximate surface area is 208 Å². The second-order valence-corrected chi connectivity index (χ2v) is 7.85. The first-order valence-corrected chi connectivity index (χ1v) is 12.4. The number of ether oxygens (including phenoxy) is 1. The maximum atomic E-state index is 13.3. The molecule has 0 aromatic carbocycles. The fourth-order valence-corrected chi connectivity index (χ4v) is 3.62. The first kappa shape index (κ1) is 29.7. The molecule has 35 heavy (non-hydrogen) atoms. The van der Waals surface area contributed by atoms with E-state index >= 15 is 0 Å². The van der Waals surface area contributed by atoms with Crippen molar-refractivity contribution in [3.05, 3.63) is 41.7 Å². The fourth-order valence-electron chi connectivity index (χ4n) is 3.62. The number of hydrogen-bond acceptors (Lipinski definition) is 6. The Morgan fingerprint density at radius 1 is 1.23 bits per heavy atom. The summed E-state index contributed by atoms with van der Waals surface area (Å²) in [5, 5.41) is 7.68. The predicted molar refractivity (Wildman–Crippen MR) is 144 cm³/mol. The van der Waals surface area contributed by atoms with Crippen LogP contribution in [0.3, 0.4) is 0 Å². The minimum absolute atomic E-state index is 0.0148. The number of hydrogen-bond donors (Lipinski definition) is 1. The molecule has 0 aliphatic heterocycles. The van der Waals surface area contributed by atoms with Gasteiger partial charge in [-0.2, -0.15) is 0 Å². The van der Waals surface area contributed by atoms with Gasteiger partial charge in [0.2, 0.25) is 0 Å². The molecule has 3 rings (SSSR count). The van der Waals surface area contributed by atoms with Crippen molar-refractivity contribution in [2.75, 3.05) is 12.4 Å². The van der Waals surface area contributed by atoms with Crippen molar-refractivity contribution in [3.8, 4) is 5.88 Å². The van der Waals surface area contributed by atoms with E-state index in [0.717, 1.165) is 37.1 Å². The van der Waals surface area contributed by atoms with Gasteiger partial charge < -0.3 is 19.2 Å². The van der Waals surface area contributed by atoms with Crippen LogP contribution in [0.1, 0.15) is 73.3 Å². The highest BCUT2D eigenvalue weighted by Gasteiger charge is 2.20. The van der Waals surface area contributed by atoms with E-state index in [9.17, 15) is 9.59 Å². The van der Waals surface area contributed by atoms with Gasteiger partial charge in [-0.05, 0) is 32.8 Å². The van der Waals surface area contributed by atoms with Gasteiger partial charge in [-0.25, -0.2) is 4.98 Å². The maximum Gasteiger partial charge on any atom is 0.277 e. The van der Waals surface area contributed by atoms with Gasteiger partial charge in [0.1, 0.15) is 16.7 Å². The molecule has 3 aromatic rings. The fraction of sp³-hybridized carbons (Fsp3) is 0.538. The lowest BCUT2D eigenvalue weighted by molar-refractivity contribution is -0.112. The van der Waals surface area contributed by atoms with Crippen LogP contribution >= 0.6 is 0 Å². The highest BCUT2D eigenvalue weighted by atomic mass is 16.5. The molecule has 0 spiro atoms. The summed E-state index contributed by atoms with van der Waals surface area (Å²) < 4.78 is 10.8. The van der Waals surface area contributed by atoms with Crippen LogP contribution in [-0.2, 0) is 18.4 Å². The molecule has 194 valence electrons. The molecule has 0 fully saturated rings. The molecular formula is C26H42N6O3. The summed E-state index contributed by atoms with van der Waals surface area (Å²) >= 11 is 0. The van der Waals surface area contributed by atoms with Gasteiger partial charge in [-0.15, -0.1) is 5.10 Å². The summed E-state index contributed by atoms with van der Waals surface area (Å²) in [6.45, 7) is 15.7. The number of allylic oxidation sites excluding steroid dienone is 1. The third-order valence-corrected chi connectivity index (χ3v) is 5.44. The van der Waals surface area contributed by atoms with Gasteiger partial charge in [-0.3, -0.25) is 14.3 Å². The number of anilines is 2. The molecular weight excluding hydrogens is 444 g/mol. The lowest BCUT2D eigenvalue weighted by atomic mass is 10.1. The Kier molecular flexibility index (Phi) is 12.6. The number of ketones is 1. The van der Waals surface area contributed by atoms with Gasteiger partial charge in [0.25, 0.3) is 11.4 Å². The molecule has 1 N–H and O–H groups in total. The summed E-state index contributed by atoms with van der Waals surface area (Å²) in [6, 6.07) is 0.161. The molecule has 3 heterocycles. The van der Waals surface area contributed by atoms with Crippen LogP contribution in [0.4, 0.5) is 11.4 Å². The lowest BCUT2D eigenvalue weighted by Gasteiger charge is -2.20. The SMILES string of the molecule is C=CC(C)=O.CC.CCCCC(CC)n1cc(Nc2cn(C)nc2OC)c2ncn(CC)c2c1=O. The van der Waals surface area contributed by atoms with Crippen LogP contribution in [0.25, 0.3) is 11.0 Å². The van der Waals surface area contributed by atoms with Crippen LogP contribution in [-0.4, -0.2) is 36.8 Å². The number of aryl methyl sites for hydroxylation is 2. The number of unbranched alkanes of at least 4 members (excludes halogenated alkanes) is 1. The zero-order valence-electron chi connectivity index (χ0n) is 22.6. The van der Waals surface area contributed by atoms with Gasteiger partial charge in [0.05, 0.1) is 25.3 Å². The van der Waals surface area contributed by atoms with Crippen molar-refractivity contribution in [2.24, 2.45) is 7.05 Å². The zero-order chi connectivity index (χ0) is 26.5. The third kappa shape index (κ3) is 7.56.